The molecule has 1 rings (SSSR count). The van der Waals surface area contributed by atoms with Crippen molar-refractivity contribution >= 4 is 0 Å². The van der Waals surface area contributed by atoms with Crippen molar-refractivity contribution in [1.29, 1.82) is 0 Å². The third kappa shape index (κ3) is 1.84. The molecular formula is C9H16O. The van der Waals surface area contributed by atoms with Crippen molar-refractivity contribution < 1.29 is 5.11 Å². The maximum Gasteiger partial charge on any atom is 0.0752 e. The lowest BCUT2D eigenvalue weighted by Gasteiger charge is -2.21. The fraction of sp³-hybridized carbons (Fsp3) is 0.778. The molecule has 0 aromatic heterocycles. The average molecular weight is 140 g/mol. The highest BCUT2D eigenvalue weighted by molar-refractivity contribution is 5.16. The number of aliphatic hydroxyl groups excluding tert-OH is 1. The average Bonchev–Trinajstić information content (AvgIpc) is 1.55. The Morgan fingerprint density at radius 1 is 1.60 bits per heavy atom. The molecule has 0 aliphatic heterocycles. The van der Waals surface area contributed by atoms with Crippen LogP contribution in [0.2, 0.25) is 0 Å². The summed E-state index contributed by atoms with van der Waals surface area (Å²) in [6.45, 7) is 4.28. The first kappa shape index (κ1) is 7.80. The zero-order valence-corrected chi connectivity index (χ0v) is 6.80. The van der Waals surface area contributed by atoms with Gasteiger partial charge in [-0.25, -0.2) is 0 Å². The minimum atomic E-state index is -0.145. The minimum Gasteiger partial charge on any atom is -0.389 e. The lowest BCUT2D eigenvalue weighted by atomic mass is 9.89. The van der Waals surface area contributed by atoms with Gasteiger partial charge in [-0.2, -0.15) is 0 Å². The van der Waals surface area contributed by atoms with E-state index < -0.39 is 0 Å². The summed E-state index contributed by atoms with van der Waals surface area (Å²) in [5.74, 6) is 0.608. The molecule has 0 saturated heterocycles. The highest BCUT2D eigenvalue weighted by Gasteiger charge is 2.15. The predicted octanol–water partition coefficient (Wildman–Crippen LogP) is 2.11. The molecule has 1 aliphatic rings. The van der Waals surface area contributed by atoms with Crippen LogP contribution in [0.15, 0.2) is 11.6 Å². The van der Waals surface area contributed by atoms with E-state index in [0.29, 0.717) is 5.92 Å². The van der Waals surface area contributed by atoms with Crippen LogP contribution in [-0.2, 0) is 0 Å². The van der Waals surface area contributed by atoms with Gasteiger partial charge in [0.1, 0.15) is 0 Å². The van der Waals surface area contributed by atoms with E-state index in [0.717, 1.165) is 12.8 Å². The molecule has 1 heteroatoms. The molecule has 58 valence electrons. The second-order valence-electron chi connectivity index (χ2n) is 3.46. The highest BCUT2D eigenvalue weighted by Crippen LogP contribution is 2.24. The molecule has 0 heterocycles. The standard InChI is InChI=1S/C9H16O/c1-7(2)6-9(10)8-4-3-5-8/h4,7,9-10H,3,5-6H2,1-2H3. The fourth-order valence-corrected chi connectivity index (χ4v) is 1.21. The van der Waals surface area contributed by atoms with Crippen molar-refractivity contribution in [3.63, 3.8) is 0 Å². The third-order valence-corrected chi connectivity index (χ3v) is 1.96. The Hall–Kier alpha value is -0.300. The van der Waals surface area contributed by atoms with Crippen molar-refractivity contribution in [3.05, 3.63) is 11.6 Å². The normalized spacial score (nSPS) is 20.2. The van der Waals surface area contributed by atoms with E-state index in [-0.39, 0.29) is 6.10 Å². The first-order valence-electron chi connectivity index (χ1n) is 4.07. The monoisotopic (exact) mass is 140 g/mol. The van der Waals surface area contributed by atoms with E-state index in [2.05, 4.69) is 19.9 Å². The molecule has 0 saturated carbocycles. The predicted molar refractivity (Wildman–Crippen MR) is 42.8 cm³/mol. The van der Waals surface area contributed by atoms with Crippen LogP contribution in [0, 0.1) is 5.92 Å². The van der Waals surface area contributed by atoms with Crippen molar-refractivity contribution in [1.82, 2.24) is 0 Å². The van der Waals surface area contributed by atoms with E-state index in [1.54, 1.807) is 0 Å². The highest BCUT2D eigenvalue weighted by atomic mass is 16.3. The van der Waals surface area contributed by atoms with E-state index in [4.69, 9.17) is 0 Å². The van der Waals surface area contributed by atoms with Crippen molar-refractivity contribution in [2.75, 3.05) is 0 Å². The van der Waals surface area contributed by atoms with Crippen LogP contribution < -0.4 is 0 Å². The van der Waals surface area contributed by atoms with Crippen molar-refractivity contribution in [3.8, 4) is 0 Å². The van der Waals surface area contributed by atoms with Gasteiger partial charge in [0.2, 0.25) is 0 Å². The molecule has 0 aromatic rings. The quantitative estimate of drug-likeness (QED) is 0.595. The molecule has 1 N–H and O–H groups in total. The molecule has 0 aromatic carbocycles. The third-order valence-electron chi connectivity index (χ3n) is 1.96. The molecular weight excluding hydrogens is 124 g/mol. The summed E-state index contributed by atoms with van der Waals surface area (Å²) in [5.41, 5.74) is 1.26. The van der Waals surface area contributed by atoms with Gasteiger partial charge in [-0.05, 0) is 30.8 Å². The molecule has 0 fully saturated rings. The molecule has 0 amide bonds. The number of hydrogen-bond acceptors (Lipinski definition) is 1. The minimum absolute atomic E-state index is 0.145. The summed E-state index contributed by atoms with van der Waals surface area (Å²) >= 11 is 0. The van der Waals surface area contributed by atoms with Gasteiger partial charge in [-0.15, -0.1) is 0 Å². The van der Waals surface area contributed by atoms with Gasteiger partial charge in [0.05, 0.1) is 6.10 Å². The van der Waals surface area contributed by atoms with Gasteiger partial charge in [-0.1, -0.05) is 19.9 Å². The van der Waals surface area contributed by atoms with Gasteiger partial charge in [0.25, 0.3) is 0 Å². The molecule has 1 aliphatic carbocycles. The Labute approximate surface area is 62.8 Å². The van der Waals surface area contributed by atoms with Crippen molar-refractivity contribution in [2.45, 2.75) is 39.2 Å². The Kier molecular flexibility index (Phi) is 2.50. The van der Waals surface area contributed by atoms with E-state index in [1.165, 1.54) is 12.0 Å². The van der Waals surface area contributed by atoms with Crippen LogP contribution in [0.3, 0.4) is 0 Å². The molecule has 0 spiro atoms. The zero-order valence-electron chi connectivity index (χ0n) is 6.80. The summed E-state index contributed by atoms with van der Waals surface area (Å²) in [6.07, 6.45) is 5.21. The Morgan fingerprint density at radius 2 is 2.20 bits per heavy atom. The van der Waals surface area contributed by atoms with E-state index >= 15 is 0 Å². The maximum atomic E-state index is 9.47. The second-order valence-corrected chi connectivity index (χ2v) is 3.46. The summed E-state index contributed by atoms with van der Waals surface area (Å²) in [5, 5.41) is 9.47. The number of hydrogen-bond donors (Lipinski definition) is 1. The van der Waals surface area contributed by atoms with Crippen LogP contribution in [0.4, 0.5) is 0 Å². The second kappa shape index (κ2) is 3.20. The summed E-state index contributed by atoms with van der Waals surface area (Å²) in [7, 11) is 0. The van der Waals surface area contributed by atoms with Crippen LogP contribution in [-0.4, -0.2) is 11.2 Å². The molecule has 1 atom stereocenters. The van der Waals surface area contributed by atoms with Crippen LogP contribution in [0.25, 0.3) is 0 Å². The zero-order chi connectivity index (χ0) is 7.56. The summed E-state index contributed by atoms with van der Waals surface area (Å²) < 4.78 is 0. The lowest BCUT2D eigenvalue weighted by molar-refractivity contribution is 0.175. The summed E-state index contributed by atoms with van der Waals surface area (Å²) in [4.78, 5) is 0. The van der Waals surface area contributed by atoms with Crippen LogP contribution in [0.1, 0.15) is 33.1 Å². The molecule has 1 unspecified atom stereocenters. The van der Waals surface area contributed by atoms with Gasteiger partial charge < -0.3 is 5.11 Å². The van der Waals surface area contributed by atoms with Crippen LogP contribution >= 0.6 is 0 Å². The molecule has 0 radical (unpaired) electrons. The maximum absolute atomic E-state index is 9.47. The SMILES string of the molecule is CC(C)CC(O)C1=CCC1. The van der Waals surface area contributed by atoms with Crippen molar-refractivity contribution in [2.24, 2.45) is 5.92 Å². The first-order valence-corrected chi connectivity index (χ1v) is 4.07. The Bertz CT molecular complexity index is 136. The van der Waals surface area contributed by atoms with Gasteiger partial charge in [-0.3, -0.25) is 0 Å². The van der Waals surface area contributed by atoms with Gasteiger partial charge >= 0.3 is 0 Å². The molecule has 1 nitrogen and oxygen atoms in total. The van der Waals surface area contributed by atoms with Gasteiger partial charge in [0, 0.05) is 0 Å². The number of allylic oxidation sites excluding steroid dienone is 1. The summed E-state index contributed by atoms with van der Waals surface area (Å²) in [6, 6.07) is 0. The van der Waals surface area contributed by atoms with Crippen LogP contribution in [0.5, 0.6) is 0 Å². The molecule has 0 bridgehead atoms. The smallest absolute Gasteiger partial charge is 0.0752 e. The number of aliphatic hydroxyl groups is 1. The first-order chi connectivity index (χ1) is 4.70. The van der Waals surface area contributed by atoms with E-state index in [1.807, 2.05) is 0 Å². The topological polar surface area (TPSA) is 20.2 Å². The largest absolute Gasteiger partial charge is 0.389 e. The lowest BCUT2D eigenvalue weighted by Crippen LogP contribution is -2.16. The van der Waals surface area contributed by atoms with Gasteiger partial charge in [0.15, 0.2) is 0 Å². The van der Waals surface area contributed by atoms with E-state index in [9.17, 15) is 5.11 Å². The number of rotatable bonds is 3. The Balaban J connectivity index is 2.27. The molecule has 10 heavy (non-hydrogen) atoms. The Morgan fingerprint density at radius 3 is 2.50 bits per heavy atom. The fourth-order valence-electron chi connectivity index (χ4n) is 1.21.